The second-order valence-electron chi connectivity index (χ2n) is 4.84. The molecule has 2 heterocycles. The molecule has 0 unspecified atom stereocenters. The van der Waals surface area contributed by atoms with Crippen molar-refractivity contribution in [2.45, 2.75) is 32.0 Å². The summed E-state index contributed by atoms with van der Waals surface area (Å²) in [5.41, 5.74) is 2.92. The van der Waals surface area contributed by atoms with Gasteiger partial charge in [-0.05, 0) is 24.1 Å². The maximum absolute atomic E-state index is 5.97. The zero-order valence-corrected chi connectivity index (χ0v) is 9.86. The van der Waals surface area contributed by atoms with E-state index in [9.17, 15) is 0 Å². The van der Waals surface area contributed by atoms with E-state index in [0.717, 1.165) is 19.7 Å². The van der Waals surface area contributed by atoms with Crippen LogP contribution in [0.5, 0.6) is 0 Å². The second-order valence-corrected chi connectivity index (χ2v) is 4.84. The highest BCUT2D eigenvalue weighted by molar-refractivity contribution is 5.33. The quantitative estimate of drug-likeness (QED) is 0.716. The highest BCUT2D eigenvalue weighted by atomic mass is 16.5. The van der Waals surface area contributed by atoms with Crippen molar-refractivity contribution in [1.82, 2.24) is 4.90 Å². The van der Waals surface area contributed by atoms with Crippen molar-refractivity contribution in [2.24, 2.45) is 0 Å². The van der Waals surface area contributed by atoms with Gasteiger partial charge >= 0.3 is 0 Å². The molecule has 1 fully saturated rings. The molecular formula is C14H19NO. The van der Waals surface area contributed by atoms with Gasteiger partial charge in [-0.15, -0.1) is 0 Å². The predicted octanol–water partition coefficient (Wildman–Crippen LogP) is 2.39. The standard InChI is InChI=1S/C14H19NO/c1-2-15-8-7-14-13(9-15)12-6-4-3-5-11(12)10-16-14/h3-6,13-14H,2,7-10H2,1H3/t13-,14+/m1/s1. The number of hydrogen-bond donors (Lipinski definition) is 0. The number of nitrogens with zero attached hydrogens (tertiary/aromatic N) is 1. The first kappa shape index (κ1) is 10.3. The predicted molar refractivity (Wildman–Crippen MR) is 64.5 cm³/mol. The minimum Gasteiger partial charge on any atom is -0.373 e. The smallest absolute Gasteiger partial charge is 0.0723 e. The minimum atomic E-state index is 0.456. The summed E-state index contributed by atoms with van der Waals surface area (Å²) in [6.45, 7) is 6.57. The average Bonchev–Trinajstić information content (AvgIpc) is 2.38. The highest BCUT2D eigenvalue weighted by Crippen LogP contribution is 2.36. The molecule has 2 heteroatoms. The Bertz CT molecular complexity index is 377. The molecule has 1 saturated heterocycles. The van der Waals surface area contributed by atoms with E-state index >= 15 is 0 Å². The maximum Gasteiger partial charge on any atom is 0.0723 e. The van der Waals surface area contributed by atoms with E-state index in [4.69, 9.17) is 4.74 Å². The lowest BCUT2D eigenvalue weighted by atomic mass is 9.83. The summed E-state index contributed by atoms with van der Waals surface area (Å²) in [5, 5.41) is 0. The van der Waals surface area contributed by atoms with Crippen LogP contribution < -0.4 is 0 Å². The summed E-state index contributed by atoms with van der Waals surface area (Å²) >= 11 is 0. The monoisotopic (exact) mass is 217 g/mol. The first-order chi connectivity index (χ1) is 7.88. The molecule has 1 aromatic carbocycles. The van der Waals surface area contributed by atoms with Gasteiger partial charge in [0.15, 0.2) is 0 Å². The van der Waals surface area contributed by atoms with Gasteiger partial charge in [-0.3, -0.25) is 0 Å². The Morgan fingerprint density at radius 3 is 3.12 bits per heavy atom. The van der Waals surface area contributed by atoms with Crippen molar-refractivity contribution in [3.63, 3.8) is 0 Å². The molecule has 86 valence electrons. The third-order valence-electron chi connectivity index (χ3n) is 3.99. The van der Waals surface area contributed by atoms with E-state index in [2.05, 4.69) is 36.1 Å². The van der Waals surface area contributed by atoms with E-state index in [0.29, 0.717) is 12.0 Å². The zero-order valence-electron chi connectivity index (χ0n) is 9.86. The molecule has 16 heavy (non-hydrogen) atoms. The lowest BCUT2D eigenvalue weighted by Gasteiger charge is -2.41. The summed E-state index contributed by atoms with van der Waals surface area (Å²) in [5.74, 6) is 0.596. The first-order valence-electron chi connectivity index (χ1n) is 6.30. The molecule has 0 radical (unpaired) electrons. The van der Waals surface area contributed by atoms with E-state index in [1.165, 1.54) is 24.1 Å². The third kappa shape index (κ3) is 1.66. The van der Waals surface area contributed by atoms with Crippen molar-refractivity contribution >= 4 is 0 Å². The van der Waals surface area contributed by atoms with Crippen LogP contribution in [0.4, 0.5) is 0 Å². The SMILES string of the molecule is CCN1CC[C@@H]2OCc3ccccc3[C@H]2C1. The first-order valence-corrected chi connectivity index (χ1v) is 6.30. The number of likely N-dealkylation sites (tertiary alicyclic amines) is 1. The molecule has 0 aliphatic carbocycles. The Kier molecular flexibility index (Phi) is 2.70. The fraction of sp³-hybridized carbons (Fsp3) is 0.571. The minimum absolute atomic E-state index is 0.456. The van der Waals surface area contributed by atoms with Crippen LogP contribution >= 0.6 is 0 Å². The van der Waals surface area contributed by atoms with Gasteiger partial charge in [-0.1, -0.05) is 31.2 Å². The van der Waals surface area contributed by atoms with Crippen LogP contribution in [0.1, 0.15) is 30.4 Å². The van der Waals surface area contributed by atoms with Crippen LogP contribution in [0.25, 0.3) is 0 Å². The maximum atomic E-state index is 5.97. The molecule has 2 aliphatic rings. The Hall–Kier alpha value is -0.860. The number of benzene rings is 1. The molecule has 1 aromatic rings. The molecular weight excluding hydrogens is 198 g/mol. The summed E-state index contributed by atoms with van der Waals surface area (Å²) in [4.78, 5) is 2.53. The van der Waals surface area contributed by atoms with Crippen molar-refractivity contribution in [2.75, 3.05) is 19.6 Å². The fourth-order valence-corrected chi connectivity index (χ4v) is 3.01. The Labute approximate surface area is 97.2 Å². The highest BCUT2D eigenvalue weighted by Gasteiger charge is 2.34. The molecule has 0 spiro atoms. The van der Waals surface area contributed by atoms with Crippen molar-refractivity contribution < 1.29 is 4.74 Å². The Balaban J connectivity index is 1.90. The lowest BCUT2D eigenvalue weighted by Crippen LogP contribution is -2.44. The third-order valence-corrected chi connectivity index (χ3v) is 3.99. The van der Waals surface area contributed by atoms with Crippen molar-refractivity contribution in [1.29, 1.82) is 0 Å². The summed E-state index contributed by atoms with van der Waals surface area (Å²) in [6.07, 6.45) is 1.64. The molecule has 2 aliphatic heterocycles. The van der Waals surface area contributed by atoms with Crippen LogP contribution in [-0.2, 0) is 11.3 Å². The number of likely N-dealkylation sites (N-methyl/N-ethyl adjacent to an activating group) is 1. The van der Waals surface area contributed by atoms with E-state index < -0.39 is 0 Å². The number of fused-ring (bicyclic) bond motifs is 3. The van der Waals surface area contributed by atoms with Gasteiger partial charge in [0.25, 0.3) is 0 Å². The van der Waals surface area contributed by atoms with Gasteiger partial charge in [-0.25, -0.2) is 0 Å². The zero-order chi connectivity index (χ0) is 11.0. The van der Waals surface area contributed by atoms with E-state index in [-0.39, 0.29) is 0 Å². The fourth-order valence-electron chi connectivity index (χ4n) is 3.01. The lowest BCUT2D eigenvalue weighted by molar-refractivity contribution is -0.0301. The number of rotatable bonds is 1. The molecule has 0 bridgehead atoms. The van der Waals surface area contributed by atoms with Crippen LogP contribution in [0.15, 0.2) is 24.3 Å². The van der Waals surface area contributed by atoms with Gasteiger partial charge < -0.3 is 9.64 Å². The molecule has 0 amide bonds. The van der Waals surface area contributed by atoms with Crippen LogP contribution in [-0.4, -0.2) is 30.6 Å². The molecule has 0 aromatic heterocycles. The molecule has 2 nitrogen and oxygen atoms in total. The van der Waals surface area contributed by atoms with Crippen LogP contribution in [0.3, 0.4) is 0 Å². The van der Waals surface area contributed by atoms with Crippen molar-refractivity contribution in [3.05, 3.63) is 35.4 Å². The number of ether oxygens (including phenoxy) is 1. The largest absolute Gasteiger partial charge is 0.373 e. The van der Waals surface area contributed by atoms with Crippen LogP contribution in [0.2, 0.25) is 0 Å². The van der Waals surface area contributed by atoms with Gasteiger partial charge in [-0.2, -0.15) is 0 Å². The van der Waals surface area contributed by atoms with E-state index in [1.54, 1.807) is 0 Å². The second kappa shape index (κ2) is 4.19. The average molecular weight is 217 g/mol. The molecule has 3 rings (SSSR count). The topological polar surface area (TPSA) is 12.5 Å². The van der Waals surface area contributed by atoms with E-state index in [1.807, 2.05) is 0 Å². The molecule has 0 N–H and O–H groups in total. The Morgan fingerprint density at radius 1 is 1.38 bits per heavy atom. The molecule has 0 saturated carbocycles. The summed E-state index contributed by atoms with van der Waals surface area (Å²) < 4.78 is 5.97. The van der Waals surface area contributed by atoms with Gasteiger partial charge in [0.1, 0.15) is 0 Å². The van der Waals surface area contributed by atoms with Crippen molar-refractivity contribution in [3.8, 4) is 0 Å². The summed E-state index contributed by atoms with van der Waals surface area (Å²) in [7, 11) is 0. The number of hydrogen-bond acceptors (Lipinski definition) is 2. The Morgan fingerprint density at radius 2 is 2.25 bits per heavy atom. The summed E-state index contributed by atoms with van der Waals surface area (Å²) in [6, 6.07) is 8.76. The number of piperidine rings is 1. The van der Waals surface area contributed by atoms with Gasteiger partial charge in [0, 0.05) is 19.0 Å². The normalized spacial score (nSPS) is 29.6. The van der Waals surface area contributed by atoms with Crippen LogP contribution in [0, 0.1) is 0 Å². The molecule has 2 atom stereocenters. The van der Waals surface area contributed by atoms with Gasteiger partial charge in [0.2, 0.25) is 0 Å². The van der Waals surface area contributed by atoms with Gasteiger partial charge in [0.05, 0.1) is 12.7 Å².